The molecule has 1 aromatic carbocycles. The normalized spacial score (nSPS) is 19.5. The number of unbranched alkanes of at least 4 members (excludes halogenated alkanes) is 1. The number of nitrogens with zero attached hydrogens (tertiary/aromatic N) is 1. The van der Waals surface area contributed by atoms with E-state index in [9.17, 15) is 8.42 Å². The first-order valence-electron chi connectivity index (χ1n) is 6.93. The van der Waals surface area contributed by atoms with Gasteiger partial charge in [-0.25, -0.2) is 8.42 Å². The van der Waals surface area contributed by atoms with E-state index in [4.69, 9.17) is 0 Å². The summed E-state index contributed by atoms with van der Waals surface area (Å²) >= 11 is 0. The van der Waals surface area contributed by atoms with Crippen LogP contribution in [0, 0.1) is 0 Å². The summed E-state index contributed by atoms with van der Waals surface area (Å²) in [4.78, 5) is 0. The van der Waals surface area contributed by atoms with Gasteiger partial charge in [0.05, 0.1) is 10.9 Å². The molecule has 0 radical (unpaired) electrons. The Morgan fingerprint density at radius 2 is 2.05 bits per heavy atom. The highest BCUT2D eigenvalue weighted by Crippen LogP contribution is 2.23. The van der Waals surface area contributed by atoms with Crippen LogP contribution < -0.4 is 9.62 Å². The Morgan fingerprint density at radius 3 is 2.63 bits per heavy atom. The van der Waals surface area contributed by atoms with Crippen molar-refractivity contribution < 1.29 is 8.42 Å². The molecule has 1 N–H and O–H groups in total. The lowest BCUT2D eigenvalue weighted by Gasteiger charge is -2.27. The van der Waals surface area contributed by atoms with Gasteiger partial charge in [0.1, 0.15) is 0 Å². The molecule has 0 bridgehead atoms. The Labute approximate surface area is 115 Å². The first kappa shape index (κ1) is 14.3. The molecule has 0 aromatic heterocycles. The van der Waals surface area contributed by atoms with Crippen LogP contribution in [0.1, 0.15) is 26.2 Å². The van der Waals surface area contributed by atoms with Crippen molar-refractivity contribution in [2.24, 2.45) is 0 Å². The standard InChI is InChI=1S/C14H22N2O2S/c1-2-3-11-16(13-7-5-4-6-8-13)19(17,18)14-9-10-15-12-14/h4-8,14-15H,2-3,9-12H2,1H3. The van der Waals surface area contributed by atoms with Crippen molar-refractivity contribution in [3.63, 3.8) is 0 Å². The third kappa shape index (κ3) is 3.28. The summed E-state index contributed by atoms with van der Waals surface area (Å²) in [6.07, 6.45) is 2.58. The summed E-state index contributed by atoms with van der Waals surface area (Å²) < 4.78 is 27.0. The molecule has 0 amide bonds. The van der Waals surface area contributed by atoms with Crippen molar-refractivity contribution in [2.45, 2.75) is 31.4 Å². The zero-order valence-electron chi connectivity index (χ0n) is 11.4. The van der Waals surface area contributed by atoms with Crippen LogP contribution in [0.4, 0.5) is 5.69 Å². The Hall–Kier alpha value is -1.07. The Kier molecular flexibility index (Phi) is 4.82. The molecule has 0 aliphatic carbocycles. The average Bonchev–Trinajstić information content (AvgIpc) is 2.95. The second-order valence-corrected chi connectivity index (χ2v) is 7.06. The molecule has 0 saturated carbocycles. The molecule has 0 spiro atoms. The predicted molar refractivity (Wildman–Crippen MR) is 78.9 cm³/mol. The Balaban J connectivity index is 2.26. The molecular formula is C14H22N2O2S. The highest BCUT2D eigenvalue weighted by Gasteiger charge is 2.33. The van der Waals surface area contributed by atoms with Crippen molar-refractivity contribution >= 4 is 15.7 Å². The smallest absolute Gasteiger partial charge is 0.239 e. The van der Waals surface area contributed by atoms with E-state index in [0.29, 0.717) is 19.5 Å². The van der Waals surface area contributed by atoms with E-state index in [1.807, 2.05) is 30.3 Å². The minimum atomic E-state index is -3.26. The van der Waals surface area contributed by atoms with Crippen molar-refractivity contribution in [2.75, 3.05) is 23.9 Å². The van der Waals surface area contributed by atoms with Gasteiger partial charge in [-0.2, -0.15) is 0 Å². The number of rotatable bonds is 6. The molecular weight excluding hydrogens is 260 g/mol. The third-order valence-corrected chi connectivity index (χ3v) is 5.76. The summed E-state index contributed by atoms with van der Waals surface area (Å²) in [6.45, 7) is 4.00. The Morgan fingerprint density at radius 1 is 1.32 bits per heavy atom. The van der Waals surface area contributed by atoms with Crippen LogP contribution in [0.25, 0.3) is 0 Å². The molecule has 1 aromatic rings. The van der Waals surface area contributed by atoms with Gasteiger partial charge in [-0.05, 0) is 31.5 Å². The van der Waals surface area contributed by atoms with Gasteiger partial charge >= 0.3 is 0 Å². The van der Waals surface area contributed by atoms with E-state index in [0.717, 1.165) is 25.1 Å². The zero-order valence-corrected chi connectivity index (χ0v) is 12.2. The second-order valence-electron chi connectivity index (χ2n) is 4.92. The maximum Gasteiger partial charge on any atom is 0.239 e. The fourth-order valence-corrected chi connectivity index (χ4v) is 4.26. The van der Waals surface area contributed by atoms with E-state index in [1.165, 1.54) is 0 Å². The van der Waals surface area contributed by atoms with E-state index >= 15 is 0 Å². The molecule has 5 heteroatoms. The van der Waals surface area contributed by atoms with Crippen LogP contribution in [0.2, 0.25) is 0 Å². The van der Waals surface area contributed by atoms with Gasteiger partial charge in [0.2, 0.25) is 10.0 Å². The van der Waals surface area contributed by atoms with Gasteiger partial charge in [0, 0.05) is 13.1 Å². The molecule has 1 aliphatic heterocycles. The van der Waals surface area contributed by atoms with Crippen LogP contribution in [0.15, 0.2) is 30.3 Å². The lowest BCUT2D eigenvalue weighted by molar-refractivity contribution is 0.575. The summed E-state index contributed by atoms with van der Waals surface area (Å²) in [5, 5.41) is 2.85. The van der Waals surface area contributed by atoms with Gasteiger partial charge in [0.15, 0.2) is 0 Å². The molecule has 106 valence electrons. The highest BCUT2D eigenvalue weighted by molar-refractivity contribution is 7.93. The molecule has 19 heavy (non-hydrogen) atoms. The molecule has 1 saturated heterocycles. The first-order chi connectivity index (χ1) is 9.16. The van der Waals surface area contributed by atoms with E-state index in [1.54, 1.807) is 4.31 Å². The van der Waals surface area contributed by atoms with E-state index < -0.39 is 10.0 Å². The van der Waals surface area contributed by atoms with Crippen molar-refractivity contribution in [1.29, 1.82) is 0 Å². The van der Waals surface area contributed by atoms with Crippen LogP contribution in [-0.2, 0) is 10.0 Å². The number of sulfonamides is 1. The van der Waals surface area contributed by atoms with Gasteiger partial charge in [0.25, 0.3) is 0 Å². The number of para-hydroxylation sites is 1. The third-order valence-electron chi connectivity index (χ3n) is 3.50. The lowest BCUT2D eigenvalue weighted by atomic mass is 10.3. The summed E-state index contributed by atoms with van der Waals surface area (Å²) in [5.41, 5.74) is 0.780. The number of hydrogen-bond acceptors (Lipinski definition) is 3. The predicted octanol–water partition coefficient (Wildman–Crippen LogP) is 1.98. The summed E-state index contributed by atoms with van der Waals surface area (Å²) in [5.74, 6) is 0. The number of anilines is 1. The molecule has 1 heterocycles. The molecule has 1 fully saturated rings. The van der Waals surface area contributed by atoms with Crippen LogP contribution in [0.5, 0.6) is 0 Å². The quantitative estimate of drug-likeness (QED) is 0.868. The summed E-state index contributed by atoms with van der Waals surface area (Å²) in [7, 11) is -3.26. The average molecular weight is 282 g/mol. The van der Waals surface area contributed by atoms with Crippen molar-refractivity contribution in [3.05, 3.63) is 30.3 Å². The van der Waals surface area contributed by atoms with E-state index in [-0.39, 0.29) is 5.25 Å². The maximum absolute atomic E-state index is 12.7. The van der Waals surface area contributed by atoms with Crippen LogP contribution >= 0.6 is 0 Å². The number of nitrogens with one attached hydrogen (secondary N) is 1. The van der Waals surface area contributed by atoms with Gasteiger partial charge < -0.3 is 5.32 Å². The monoisotopic (exact) mass is 282 g/mol. The van der Waals surface area contributed by atoms with Crippen LogP contribution in [0.3, 0.4) is 0 Å². The maximum atomic E-state index is 12.7. The fraction of sp³-hybridized carbons (Fsp3) is 0.571. The Bertz CT molecular complexity index is 481. The zero-order chi connectivity index (χ0) is 13.7. The number of benzene rings is 1. The van der Waals surface area contributed by atoms with Gasteiger partial charge in [-0.3, -0.25) is 4.31 Å². The minimum absolute atomic E-state index is 0.287. The van der Waals surface area contributed by atoms with Gasteiger partial charge in [-0.15, -0.1) is 0 Å². The topological polar surface area (TPSA) is 49.4 Å². The molecule has 1 aliphatic rings. The lowest BCUT2D eigenvalue weighted by Crippen LogP contribution is -2.40. The second kappa shape index (κ2) is 6.39. The first-order valence-corrected chi connectivity index (χ1v) is 8.44. The van der Waals surface area contributed by atoms with E-state index in [2.05, 4.69) is 12.2 Å². The molecule has 1 unspecified atom stereocenters. The van der Waals surface area contributed by atoms with Crippen molar-refractivity contribution in [1.82, 2.24) is 5.32 Å². The van der Waals surface area contributed by atoms with Crippen molar-refractivity contribution in [3.8, 4) is 0 Å². The van der Waals surface area contributed by atoms with Gasteiger partial charge in [-0.1, -0.05) is 31.5 Å². The van der Waals surface area contributed by atoms with Crippen LogP contribution in [-0.4, -0.2) is 33.3 Å². The fourth-order valence-electron chi connectivity index (χ4n) is 2.36. The SMILES string of the molecule is CCCCN(c1ccccc1)S(=O)(=O)C1CCNC1. The molecule has 1 atom stereocenters. The highest BCUT2D eigenvalue weighted by atomic mass is 32.2. The molecule has 4 nitrogen and oxygen atoms in total. The largest absolute Gasteiger partial charge is 0.315 e. The number of hydrogen-bond donors (Lipinski definition) is 1. The molecule has 2 rings (SSSR count). The minimum Gasteiger partial charge on any atom is -0.315 e. The summed E-state index contributed by atoms with van der Waals surface area (Å²) in [6, 6.07) is 9.42.